The highest BCUT2D eigenvalue weighted by Crippen LogP contribution is 2.27. The van der Waals surface area contributed by atoms with Crippen LogP contribution in [0.15, 0.2) is 18.2 Å². The predicted molar refractivity (Wildman–Crippen MR) is 69.4 cm³/mol. The van der Waals surface area contributed by atoms with Gasteiger partial charge in [-0.25, -0.2) is 0 Å². The van der Waals surface area contributed by atoms with E-state index in [-0.39, 0.29) is 29.8 Å². The van der Waals surface area contributed by atoms with Gasteiger partial charge in [0.05, 0.1) is 12.1 Å². The van der Waals surface area contributed by atoms with Crippen molar-refractivity contribution in [3.8, 4) is 11.5 Å². The van der Waals surface area contributed by atoms with Crippen LogP contribution in [0.3, 0.4) is 0 Å². The number of aliphatic hydroxyl groups is 1. The van der Waals surface area contributed by atoms with Gasteiger partial charge in [-0.15, -0.1) is 12.4 Å². The largest absolute Gasteiger partial charge is 0.508 e. The van der Waals surface area contributed by atoms with Gasteiger partial charge < -0.3 is 21.1 Å². The Labute approximate surface area is 107 Å². The van der Waals surface area contributed by atoms with Gasteiger partial charge in [-0.1, -0.05) is 20.3 Å². The second-order valence-corrected chi connectivity index (χ2v) is 4.18. The lowest BCUT2D eigenvalue weighted by Crippen LogP contribution is -2.31. The Morgan fingerprint density at radius 2 is 1.65 bits per heavy atom. The number of nitrogens with two attached hydrogens (primary N) is 1. The van der Waals surface area contributed by atoms with Crippen LogP contribution in [0, 0.1) is 5.92 Å². The molecule has 17 heavy (non-hydrogen) atoms. The maximum absolute atomic E-state index is 9.93. The lowest BCUT2D eigenvalue weighted by atomic mass is 9.91. The first-order valence-electron chi connectivity index (χ1n) is 5.42. The van der Waals surface area contributed by atoms with E-state index in [1.807, 2.05) is 13.8 Å². The Hall–Kier alpha value is -0.970. The molecule has 0 amide bonds. The number of aliphatic hydroxyl groups excluding tert-OH is 1. The average molecular weight is 262 g/mol. The number of phenols is 2. The molecule has 98 valence electrons. The Kier molecular flexibility index (Phi) is 6.31. The van der Waals surface area contributed by atoms with Gasteiger partial charge in [0.25, 0.3) is 0 Å². The Bertz CT molecular complexity index is 339. The Morgan fingerprint density at radius 1 is 1.18 bits per heavy atom. The molecule has 5 N–H and O–H groups in total. The monoisotopic (exact) mass is 261 g/mol. The molecule has 0 aromatic heterocycles. The maximum atomic E-state index is 9.93. The summed E-state index contributed by atoms with van der Waals surface area (Å²) < 4.78 is 0. The first kappa shape index (κ1) is 16.0. The maximum Gasteiger partial charge on any atom is 0.119 e. The second kappa shape index (κ2) is 6.69. The van der Waals surface area contributed by atoms with E-state index in [2.05, 4.69) is 0 Å². The van der Waals surface area contributed by atoms with Crippen molar-refractivity contribution >= 4 is 12.4 Å². The predicted octanol–water partition coefficient (Wildman–Crippen LogP) is 1.93. The minimum atomic E-state index is -0.689. The zero-order valence-corrected chi connectivity index (χ0v) is 10.8. The number of halogens is 1. The summed E-state index contributed by atoms with van der Waals surface area (Å²) in [4.78, 5) is 0. The highest BCUT2D eigenvalue weighted by Gasteiger charge is 2.22. The van der Waals surface area contributed by atoms with E-state index in [9.17, 15) is 15.3 Å². The summed E-state index contributed by atoms with van der Waals surface area (Å²) in [5.74, 6) is -0.0388. The summed E-state index contributed by atoms with van der Waals surface area (Å²) in [5, 5.41) is 28.6. The molecule has 0 aliphatic heterocycles. The molecule has 0 heterocycles. The van der Waals surface area contributed by atoms with Gasteiger partial charge >= 0.3 is 0 Å². The summed E-state index contributed by atoms with van der Waals surface area (Å²) >= 11 is 0. The fourth-order valence-electron chi connectivity index (χ4n) is 1.60. The van der Waals surface area contributed by atoms with E-state index < -0.39 is 12.1 Å². The van der Waals surface area contributed by atoms with Gasteiger partial charge in [-0.3, -0.25) is 0 Å². The number of hydrogen-bond acceptors (Lipinski definition) is 4. The number of rotatable bonds is 4. The fraction of sp³-hybridized carbons (Fsp3) is 0.500. The molecule has 1 unspecified atom stereocenters. The van der Waals surface area contributed by atoms with Gasteiger partial charge in [0.15, 0.2) is 0 Å². The molecule has 0 saturated carbocycles. The van der Waals surface area contributed by atoms with Crippen molar-refractivity contribution in [1.82, 2.24) is 0 Å². The van der Waals surface area contributed by atoms with Crippen molar-refractivity contribution in [2.45, 2.75) is 32.4 Å². The third-order valence-electron chi connectivity index (χ3n) is 2.90. The van der Waals surface area contributed by atoms with Crippen molar-refractivity contribution < 1.29 is 15.3 Å². The SMILES string of the molecule is CCC(C)[C@@H](O)[C@@H](N)c1cc(O)cc(O)c1.Cl. The normalized spacial score (nSPS) is 15.8. The highest BCUT2D eigenvalue weighted by atomic mass is 35.5. The smallest absolute Gasteiger partial charge is 0.119 e. The second-order valence-electron chi connectivity index (χ2n) is 4.18. The molecular weight excluding hydrogens is 242 g/mol. The van der Waals surface area contributed by atoms with E-state index in [1.165, 1.54) is 18.2 Å². The summed E-state index contributed by atoms with van der Waals surface area (Å²) in [6, 6.07) is 3.53. The van der Waals surface area contributed by atoms with E-state index in [0.717, 1.165) is 6.42 Å². The van der Waals surface area contributed by atoms with Crippen molar-refractivity contribution in [3.05, 3.63) is 23.8 Å². The first-order valence-corrected chi connectivity index (χ1v) is 5.42. The molecule has 0 spiro atoms. The van der Waals surface area contributed by atoms with Crippen molar-refractivity contribution in [2.75, 3.05) is 0 Å². The summed E-state index contributed by atoms with van der Waals surface area (Å²) in [7, 11) is 0. The van der Waals surface area contributed by atoms with Crippen molar-refractivity contribution in [2.24, 2.45) is 11.7 Å². The Balaban J connectivity index is 0.00000256. The summed E-state index contributed by atoms with van der Waals surface area (Å²) in [6.45, 7) is 3.88. The number of aromatic hydroxyl groups is 2. The van der Waals surface area contributed by atoms with Crippen LogP contribution in [0.2, 0.25) is 0 Å². The summed E-state index contributed by atoms with van der Waals surface area (Å²) in [5.41, 5.74) is 6.41. The minimum absolute atomic E-state index is 0. The molecule has 5 heteroatoms. The molecule has 1 aromatic carbocycles. The quantitative estimate of drug-likeness (QED) is 0.667. The van der Waals surface area contributed by atoms with Gasteiger partial charge in [0.1, 0.15) is 11.5 Å². The van der Waals surface area contributed by atoms with E-state index >= 15 is 0 Å². The lowest BCUT2D eigenvalue weighted by Gasteiger charge is -2.24. The number of phenolic OH excluding ortho intramolecular Hbond substituents is 2. The standard InChI is InChI=1S/C12H19NO3.ClH/c1-3-7(2)12(16)11(13)8-4-9(14)6-10(15)5-8;/h4-7,11-12,14-16H,3,13H2,1-2H3;1H/t7?,11-,12+;/m0./s1. The van der Waals surface area contributed by atoms with Crippen LogP contribution < -0.4 is 5.73 Å². The molecule has 0 radical (unpaired) electrons. The van der Waals surface area contributed by atoms with Gasteiger partial charge in [-0.05, 0) is 23.6 Å². The van der Waals surface area contributed by atoms with Crippen molar-refractivity contribution in [3.63, 3.8) is 0 Å². The molecule has 0 aliphatic rings. The molecule has 3 atom stereocenters. The molecule has 0 fully saturated rings. The van der Waals surface area contributed by atoms with Crippen LogP contribution in [0.4, 0.5) is 0 Å². The van der Waals surface area contributed by atoms with E-state index in [0.29, 0.717) is 5.56 Å². The Morgan fingerprint density at radius 3 is 2.06 bits per heavy atom. The average Bonchev–Trinajstić information content (AvgIpc) is 2.24. The molecule has 4 nitrogen and oxygen atoms in total. The zero-order chi connectivity index (χ0) is 12.3. The highest BCUT2D eigenvalue weighted by molar-refractivity contribution is 5.85. The number of benzene rings is 1. The summed E-state index contributed by atoms with van der Waals surface area (Å²) in [6.07, 6.45) is 0.130. The molecule has 0 aliphatic carbocycles. The third kappa shape index (κ3) is 4.07. The van der Waals surface area contributed by atoms with Gasteiger partial charge in [0.2, 0.25) is 0 Å². The van der Waals surface area contributed by atoms with Gasteiger partial charge in [0, 0.05) is 6.07 Å². The molecule has 0 saturated heterocycles. The van der Waals surface area contributed by atoms with Crippen LogP contribution in [0.1, 0.15) is 31.9 Å². The molecule has 1 aromatic rings. The molecule has 0 bridgehead atoms. The zero-order valence-electron chi connectivity index (χ0n) is 10.00. The fourth-order valence-corrected chi connectivity index (χ4v) is 1.60. The van der Waals surface area contributed by atoms with Crippen LogP contribution in [-0.4, -0.2) is 21.4 Å². The van der Waals surface area contributed by atoms with Crippen molar-refractivity contribution in [1.29, 1.82) is 0 Å². The van der Waals surface area contributed by atoms with Crippen LogP contribution in [-0.2, 0) is 0 Å². The van der Waals surface area contributed by atoms with Crippen LogP contribution in [0.25, 0.3) is 0 Å². The van der Waals surface area contributed by atoms with Crippen LogP contribution in [0.5, 0.6) is 11.5 Å². The van der Waals surface area contributed by atoms with E-state index in [1.54, 1.807) is 0 Å². The topological polar surface area (TPSA) is 86.7 Å². The van der Waals surface area contributed by atoms with Gasteiger partial charge in [-0.2, -0.15) is 0 Å². The molecular formula is C12H20ClNO3. The minimum Gasteiger partial charge on any atom is -0.508 e. The third-order valence-corrected chi connectivity index (χ3v) is 2.90. The molecule has 1 rings (SSSR count). The number of hydrogen-bond donors (Lipinski definition) is 4. The lowest BCUT2D eigenvalue weighted by molar-refractivity contribution is 0.0878. The van der Waals surface area contributed by atoms with Crippen LogP contribution >= 0.6 is 12.4 Å². The van der Waals surface area contributed by atoms with E-state index in [4.69, 9.17) is 5.73 Å². The first-order chi connectivity index (χ1) is 7.45.